The summed E-state index contributed by atoms with van der Waals surface area (Å²) in [6.07, 6.45) is 0.803. The molecule has 1 N–H and O–H groups in total. The van der Waals surface area contributed by atoms with E-state index in [0.717, 1.165) is 17.7 Å². The Balaban J connectivity index is 1.54. The number of nitrogens with one attached hydrogen (secondary N) is 1. The van der Waals surface area contributed by atoms with Gasteiger partial charge in [0.1, 0.15) is 0 Å². The molecule has 2 heterocycles. The standard InChI is InChI=1S/C24H24N2O4S/c1-3-29-20-10-8-17(14-21(20)30-4-2)23(27)25-18-9-7-16-11-12-26(19(16)15-18)24(28)22-6-5-13-31-22/h5-10,13-15H,3-4,11-12H2,1-2H3,(H,25,27). The smallest absolute Gasteiger partial charge is 0.268 e. The first-order valence-electron chi connectivity index (χ1n) is 10.3. The van der Waals surface area contributed by atoms with Crippen molar-refractivity contribution in [3.63, 3.8) is 0 Å². The average molecular weight is 437 g/mol. The predicted molar refractivity (Wildman–Crippen MR) is 123 cm³/mol. The van der Waals surface area contributed by atoms with Crippen molar-refractivity contribution < 1.29 is 19.1 Å². The van der Waals surface area contributed by atoms with Gasteiger partial charge in [0.15, 0.2) is 11.5 Å². The van der Waals surface area contributed by atoms with E-state index in [1.807, 2.05) is 49.6 Å². The summed E-state index contributed by atoms with van der Waals surface area (Å²) in [4.78, 5) is 28.2. The molecule has 0 atom stereocenters. The number of nitrogens with zero attached hydrogens (tertiary/aromatic N) is 1. The maximum Gasteiger partial charge on any atom is 0.268 e. The number of thiophene rings is 1. The van der Waals surface area contributed by atoms with Gasteiger partial charge in [0.2, 0.25) is 0 Å². The van der Waals surface area contributed by atoms with Gasteiger partial charge in [-0.3, -0.25) is 9.59 Å². The van der Waals surface area contributed by atoms with Crippen LogP contribution >= 0.6 is 11.3 Å². The zero-order valence-corrected chi connectivity index (χ0v) is 18.3. The Kier molecular flexibility index (Phi) is 6.23. The van der Waals surface area contributed by atoms with Gasteiger partial charge in [-0.25, -0.2) is 0 Å². The lowest BCUT2D eigenvalue weighted by Gasteiger charge is -2.17. The largest absolute Gasteiger partial charge is 0.490 e. The number of hydrogen-bond donors (Lipinski definition) is 1. The van der Waals surface area contributed by atoms with Gasteiger partial charge in [-0.15, -0.1) is 11.3 Å². The van der Waals surface area contributed by atoms with E-state index in [-0.39, 0.29) is 11.8 Å². The van der Waals surface area contributed by atoms with E-state index in [9.17, 15) is 9.59 Å². The maximum atomic E-state index is 12.9. The molecule has 1 aliphatic rings. The average Bonchev–Trinajstić information content (AvgIpc) is 3.45. The lowest BCUT2D eigenvalue weighted by molar-refractivity contribution is 0.0991. The van der Waals surface area contributed by atoms with Crippen LogP contribution in [0.1, 0.15) is 39.4 Å². The summed E-state index contributed by atoms with van der Waals surface area (Å²) in [7, 11) is 0. The minimum atomic E-state index is -0.252. The minimum Gasteiger partial charge on any atom is -0.490 e. The highest BCUT2D eigenvalue weighted by Gasteiger charge is 2.26. The number of carbonyl (C=O) groups is 2. The molecule has 1 aromatic heterocycles. The molecular weight excluding hydrogens is 412 g/mol. The molecule has 0 radical (unpaired) electrons. The van der Waals surface area contributed by atoms with Crippen molar-refractivity contribution in [3.05, 3.63) is 69.9 Å². The van der Waals surface area contributed by atoms with Gasteiger partial charge in [0.05, 0.1) is 18.1 Å². The molecule has 0 spiro atoms. The lowest BCUT2D eigenvalue weighted by Crippen LogP contribution is -2.28. The third kappa shape index (κ3) is 4.41. The van der Waals surface area contributed by atoms with Crippen molar-refractivity contribution in [3.8, 4) is 11.5 Å². The predicted octanol–water partition coefficient (Wildman–Crippen LogP) is 5.00. The number of carbonyl (C=O) groups excluding carboxylic acids is 2. The van der Waals surface area contributed by atoms with E-state index in [4.69, 9.17) is 9.47 Å². The molecule has 0 bridgehead atoms. The van der Waals surface area contributed by atoms with E-state index in [1.165, 1.54) is 11.3 Å². The van der Waals surface area contributed by atoms with Crippen molar-refractivity contribution in [1.82, 2.24) is 0 Å². The summed E-state index contributed by atoms with van der Waals surface area (Å²) >= 11 is 1.43. The molecule has 0 aliphatic carbocycles. The molecule has 0 saturated carbocycles. The molecule has 160 valence electrons. The van der Waals surface area contributed by atoms with Crippen LogP contribution in [-0.4, -0.2) is 31.6 Å². The van der Waals surface area contributed by atoms with Gasteiger partial charge in [0.25, 0.3) is 11.8 Å². The van der Waals surface area contributed by atoms with Crippen LogP contribution in [0.5, 0.6) is 11.5 Å². The topological polar surface area (TPSA) is 67.9 Å². The Labute approximate surface area is 185 Å². The fraction of sp³-hybridized carbons (Fsp3) is 0.250. The first-order valence-corrected chi connectivity index (χ1v) is 11.2. The number of benzene rings is 2. The first kappa shape index (κ1) is 20.9. The molecule has 2 aromatic carbocycles. The van der Waals surface area contributed by atoms with E-state index < -0.39 is 0 Å². The van der Waals surface area contributed by atoms with Crippen LogP contribution in [-0.2, 0) is 6.42 Å². The van der Waals surface area contributed by atoms with Crippen molar-refractivity contribution in [1.29, 1.82) is 0 Å². The monoisotopic (exact) mass is 436 g/mol. The van der Waals surface area contributed by atoms with Crippen LogP contribution in [0.3, 0.4) is 0 Å². The second-order valence-electron chi connectivity index (χ2n) is 7.01. The zero-order chi connectivity index (χ0) is 21.8. The highest BCUT2D eigenvalue weighted by atomic mass is 32.1. The van der Waals surface area contributed by atoms with E-state index in [0.29, 0.717) is 47.4 Å². The zero-order valence-electron chi connectivity index (χ0n) is 17.5. The normalized spacial score (nSPS) is 12.4. The quantitative estimate of drug-likeness (QED) is 0.566. The van der Waals surface area contributed by atoms with Crippen LogP contribution in [0.4, 0.5) is 11.4 Å². The minimum absolute atomic E-state index is 0.00917. The second-order valence-corrected chi connectivity index (χ2v) is 7.96. The molecule has 3 aromatic rings. The molecule has 0 unspecified atom stereocenters. The van der Waals surface area contributed by atoms with Crippen LogP contribution in [0.15, 0.2) is 53.9 Å². The Morgan fingerprint density at radius 2 is 1.84 bits per heavy atom. The summed E-state index contributed by atoms with van der Waals surface area (Å²) in [5.74, 6) is 0.892. The third-order valence-electron chi connectivity index (χ3n) is 5.02. The van der Waals surface area contributed by atoms with Crippen molar-refractivity contribution >= 4 is 34.5 Å². The molecule has 7 heteroatoms. The molecule has 4 rings (SSSR count). The number of rotatable bonds is 7. The highest BCUT2D eigenvalue weighted by Crippen LogP contribution is 2.33. The Hall–Kier alpha value is -3.32. The van der Waals surface area contributed by atoms with Gasteiger partial charge in [-0.05, 0) is 67.6 Å². The summed E-state index contributed by atoms with van der Waals surface area (Å²) < 4.78 is 11.2. The lowest BCUT2D eigenvalue weighted by atomic mass is 10.1. The van der Waals surface area contributed by atoms with Crippen LogP contribution in [0.25, 0.3) is 0 Å². The summed E-state index contributed by atoms with van der Waals surface area (Å²) in [6, 6.07) is 14.5. The number of anilines is 2. The van der Waals surface area contributed by atoms with Gasteiger partial charge >= 0.3 is 0 Å². The van der Waals surface area contributed by atoms with Gasteiger partial charge in [-0.2, -0.15) is 0 Å². The molecule has 31 heavy (non-hydrogen) atoms. The van der Waals surface area contributed by atoms with E-state index in [1.54, 1.807) is 23.1 Å². The van der Waals surface area contributed by atoms with Crippen LogP contribution in [0, 0.1) is 0 Å². The fourth-order valence-corrected chi connectivity index (χ4v) is 4.27. The number of fused-ring (bicyclic) bond motifs is 1. The molecule has 0 fully saturated rings. The Morgan fingerprint density at radius 3 is 2.58 bits per heavy atom. The second kappa shape index (κ2) is 9.22. The molecule has 0 saturated heterocycles. The van der Waals surface area contributed by atoms with Crippen molar-refractivity contribution in [2.24, 2.45) is 0 Å². The first-order chi connectivity index (χ1) is 15.1. The molecular formula is C24H24N2O4S. The molecule has 2 amide bonds. The number of ether oxygens (including phenoxy) is 2. The number of amides is 2. The number of hydrogen-bond acceptors (Lipinski definition) is 5. The molecule has 6 nitrogen and oxygen atoms in total. The van der Waals surface area contributed by atoms with Gasteiger partial charge in [0, 0.05) is 23.5 Å². The summed E-state index contributed by atoms with van der Waals surface area (Å²) in [5, 5.41) is 4.83. The third-order valence-corrected chi connectivity index (χ3v) is 5.88. The van der Waals surface area contributed by atoms with Crippen molar-refractivity contribution in [2.45, 2.75) is 20.3 Å². The molecule has 1 aliphatic heterocycles. The van der Waals surface area contributed by atoms with E-state index >= 15 is 0 Å². The Bertz CT molecular complexity index is 1090. The fourth-order valence-electron chi connectivity index (χ4n) is 3.60. The van der Waals surface area contributed by atoms with Crippen LogP contribution in [0.2, 0.25) is 0 Å². The maximum absolute atomic E-state index is 12.9. The van der Waals surface area contributed by atoms with Gasteiger partial charge < -0.3 is 19.7 Å². The van der Waals surface area contributed by atoms with Crippen molar-refractivity contribution in [2.75, 3.05) is 30.0 Å². The van der Waals surface area contributed by atoms with E-state index in [2.05, 4.69) is 5.32 Å². The highest BCUT2D eigenvalue weighted by molar-refractivity contribution is 7.12. The van der Waals surface area contributed by atoms with Gasteiger partial charge in [-0.1, -0.05) is 12.1 Å². The van der Waals surface area contributed by atoms with Crippen LogP contribution < -0.4 is 19.7 Å². The Morgan fingerprint density at radius 1 is 1.03 bits per heavy atom. The summed E-state index contributed by atoms with van der Waals surface area (Å²) in [6.45, 7) is 5.42. The summed E-state index contributed by atoms with van der Waals surface area (Å²) in [5.41, 5.74) is 3.06. The SMILES string of the molecule is CCOc1ccc(C(=O)Nc2ccc3c(c2)N(C(=O)c2cccs2)CC3)cc1OCC.